The molecule has 2 rings (SSSR count). The second-order valence-corrected chi connectivity index (χ2v) is 8.25. The van der Waals surface area contributed by atoms with E-state index in [0.29, 0.717) is 29.8 Å². The molecule has 0 saturated carbocycles. The van der Waals surface area contributed by atoms with Gasteiger partial charge in [0.15, 0.2) is 0 Å². The van der Waals surface area contributed by atoms with E-state index in [-0.39, 0.29) is 0 Å². The van der Waals surface area contributed by atoms with Crippen LogP contribution in [0.15, 0.2) is 17.2 Å². The van der Waals surface area contributed by atoms with Crippen LogP contribution in [-0.2, 0) is 16.6 Å². The van der Waals surface area contributed by atoms with Crippen LogP contribution in [0.2, 0.25) is 0 Å². The van der Waals surface area contributed by atoms with Crippen molar-refractivity contribution in [2.45, 2.75) is 37.0 Å². The van der Waals surface area contributed by atoms with Crippen LogP contribution in [0.4, 0.5) is 0 Å². The molecule has 1 aliphatic heterocycles. The normalized spacial score (nSPS) is 21.2. The fraction of sp³-hybridized carbons (Fsp3) is 0.692. The van der Waals surface area contributed by atoms with Gasteiger partial charge in [-0.2, -0.15) is 16.1 Å². The van der Waals surface area contributed by atoms with Gasteiger partial charge < -0.3 is 10.3 Å². The van der Waals surface area contributed by atoms with E-state index < -0.39 is 10.0 Å². The smallest absolute Gasteiger partial charge is 0.244 e. The number of H-pyrrole nitrogens is 1. The van der Waals surface area contributed by atoms with E-state index in [9.17, 15) is 8.42 Å². The zero-order valence-corrected chi connectivity index (χ0v) is 13.7. The van der Waals surface area contributed by atoms with Crippen LogP contribution in [0.3, 0.4) is 0 Å². The van der Waals surface area contributed by atoms with Crippen LogP contribution in [0.5, 0.6) is 0 Å². The SMILES string of the molecule is CCNCc1cc(S(=O)(=O)N2CCSC(CC)C2)c[nH]1. The Bertz CT molecular complexity index is 527. The van der Waals surface area contributed by atoms with Gasteiger partial charge in [-0.3, -0.25) is 0 Å². The summed E-state index contributed by atoms with van der Waals surface area (Å²) in [5.41, 5.74) is 0.906. The number of rotatable bonds is 6. The van der Waals surface area contributed by atoms with E-state index in [4.69, 9.17) is 0 Å². The first-order valence-electron chi connectivity index (χ1n) is 7.07. The maximum Gasteiger partial charge on any atom is 0.244 e. The Morgan fingerprint density at radius 1 is 1.50 bits per heavy atom. The van der Waals surface area contributed by atoms with Crippen molar-refractivity contribution in [2.24, 2.45) is 0 Å². The Balaban J connectivity index is 2.11. The van der Waals surface area contributed by atoms with Crippen molar-refractivity contribution in [1.82, 2.24) is 14.6 Å². The monoisotopic (exact) mass is 317 g/mol. The van der Waals surface area contributed by atoms with Crippen LogP contribution < -0.4 is 5.32 Å². The summed E-state index contributed by atoms with van der Waals surface area (Å²) in [5.74, 6) is 0.881. The van der Waals surface area contributed by atoms with Crippen molar-refractivity contribution >= 4 is 21.8 Å². The van der Waals surface area contributed by atoms with E-state index in [2.05, 4.69) is 17.2 Å². The lowest BCUT2D eigenvalue weighted by Crippen LogP contribution is -2.41. The molecule has 5 nitrogen and oxygen atoms in total. The third-order valence-corrected chi connectivity index (χ3v) is 6.69. The number of nitrogens with zero attached hydrogens (tertiary/aromatic N) is 1. The Hall–Kier alpha value is -0.500. The Labute approximate surface area is 125 Å². The molecule has 1 aliphatic rings. The number of aromatic amines is 1. The third-order valence-electron chi connectivity index (χ3n) is 3.48. The van der Waals surface area contributed by atoms with Crippen LogP contribution in [0.1, 0.15) is 26.0 Å². The molecule has 7 heteroatoms. The predicted molar refractivity (Wildman–Crippen MR) is 83.5 cm³/mol. The second kappa shape index (κ2) is 6.98. The van der Waals surface area contributed by atoms with Gasteiger partial charge in [-0.25, -0.2) is 8.42 Å². The first-order chi connectivity index (χ1) is 9.57. The number of sulfonamides is 1. The molecule has 1 aromatic rings. The first-order valence-corrected chi connectivity index (χ1v) is 9.56. The standard InChI is InChI=1S/C13H23N3O2S2/c1-3-12-10-16(5-6-19-12)20(17,18)13-7-11(15-9-13)8-14-4-2/h7,9,12,14-15H,3-6,8,10H2,1-2H3. The molecule has 1 unspecified atom stereocenters. The van der Waals surface area contributed by atoms with Crippen molar-refractivity contribution in [2.75, 3.05) is 25.4 Å². The average molecular weight is 317 g/mol. The van der Waals surface area contributed by atoms with Gasteiger partial charge in [-0.1, -0.05) is 13.8 Å². The van der Waals surface area contributed by atoms with Gasteiger partial charge in [0.1, 0.15) is 0 Å². The van der Waals surface area contributed by atoms with E-state index in [0.717, 1.165) is 24.4 Å². The number of thioether (sulfide) groups is 1. The first kappa shape index (κ1) is 15.9. The lowest BCUT2D eigenvalue weighted by Gasteiger charge is -2.30. The van der Waals surface area contributed by atoms with E-state index >= 15 is 0 Å². The van der Waals surface area contributed by atoms with Crippen LogP contribution in [0.25, 0.3) is 0 Å². The molecule has 1 saturated heterocycles. The fourth-order valence-electron chi connectivity index (χ4n) is 2.24. The summed E-state index contributed by atoms with van der Waals surface area (Å²) in [7, 11) is -3.35. The molecule has 114 valence electrons. The Morgan fingerprint density at radius 3 is 3.00 bits per heavy atom. The number of nitrogens with one attached hydrogen (secondary N) is 2. The summed E-state index contributed by atoms with van der Waals surface area (Å²) >= 11 is 1.87. The van der Waals surface area contributed by atoms with Gasteiger partial charge in [0.25, 0.3) is 0 Å². The zero-order chi connectivity index (χ0) is 14.6. The quantitative estimate of drug-likeness (QED) is 0.837. The molecule has 1 atom stereocenters. The van der Waals surface area contributed by atoms with Gasteiger partial charge in [-0.15, -0.1) is 0 Å². The predicted octanol–water partition coefficient (Wildman–Crippen LogP) is 1.64. The fourth-order valence-corrected chi connectivity index (χ4v) is 5.13. The summed E-state index contributed by atoms with van der Waals surface area (Å²) in [5, 5.41) is 3.60. The van der Waals surface area contributed by atoms with Gasteiger partial charge in [0.05, 0.1) is 4.90 Å². The van der Waals surface area contributed by atoms with Crippen molar-refractivity contribution in [3.05, 3.63) is 18.0 Å². The molecule has 0 bridgehead atoms. The van der Waals surface area contributed by atoms with Crippen molar-refractivity contribution in [3.63, 3.8) is 0 Å². The third kappa shape index (κ3) is 3.58. The number of hydrogen-bond donors (Lipinski definition) is 2. The molecule has 2 N–H and O–H groups in total. The lowest BCUT2D eigenvalue weighted by molar-refractivity contribution is 0.416. The minimum absolute atomic E-state index is 0.382. The molecule has 0 aliphatic carbocycles. The van der Waals surface area contributed by atoms with Crippen LogP contribution in [-0.4, -0.2) is 48.3 Å². The highest BCUT2D eigenvalue weighted by Crippen LogP contribution is 2.26. The minimum Gasteiger partial charge on any atom is -0.363 e. The highest BCUT2D eigenvalue weighted by atomic mass is 32.2. The molecule has 1 fully saturated rings. The highest BCUT2D eigenvalue weighted by Gasteiger charge is 2.30. The minimum atomic E-state index is -3.35. The topological polar surface area (TPSA) is 65.2 Å². The molecule has 2 heterocycles. The summed E-state index contributed by atoms with van der Waals surface area (Å²) < 4.78 is 26.8. The summed E-state index contributed by atoms with van der Waals surface area (Å²) in [6, 6.07) is 1.74. The molecule has 0 aromatic carbocycles. The molecule has 0 amide bonds. The van der Waals surface area contributed by atoms with E-state index in [1.807, 2.05) is 18.7 Å². The van der Waals surface area contributed by atoms with E-state index in [1.165, 1.54) is 0 Å². The summed E-state index contributed by atoms with van der Waals surface area (Å²) in [6.45, 7) is 6.89. The zero-order valence-electron chi connectivity index (χ0n) is 12.1. The average Bonchev–Trinajstić information content (AvgIpc) is 2.94. The van der Waals surface area contributed by atoms with Crippen LogP contribution >= 0.6 is 11.8 Å². The molecule has 20 heavy (non-hydrogen) atoms. The maximum atomic E-state index is 12.6. The number of aromatic nitrogens is 1. The Morgan fingerprint density at radius 2 is 2.30 bits per heavy atom. The van der Waals surface area contributed by atoms with Crippen molar-refractivity contribution < 1.29 is 8.42 Å². The molecular formula is C13H23N3O2S2. The van der Waals surface area contributed by atoms with Crippen molar-refractivity contribution in [3.8, 4) is 0 Å². The maximum absolute atomic E-state index is 12.6. The molecular weight excluding hydrogens is 294 g/mol. The molecule has 1 aromatic heterocycles. The Kier molecular flexibility index (Phi) is 5.54. The summed E-state index contributed by atoms with van der Waals surface area (Å²) in [6.07, 6.45) is 2.61. The van der Waals surface area contributed by atoms with Crippen LogP contribution in [0, 0.1) is 0 Å². The van der Waals surface area contributed by atoms with Gasteiger partial charge >= 0.3 is 0 Å². The van der Waals surface area contributed by atoms with Gasteiger partial charge in [0.2, 0.25) is 10.0 Å². The largest absolute Gasteiger partial charge is 0.363 e. The van der Waals surface area contributed by atoms with Crippen molar-refractivity contribution in [1.29, 1.82) is 0 Å². The summed E-state index contributed by atoms with van der Waals surface area (Å²) in [4.78, 5) is 3.42. The number of hydrogen-bond acceptors (Lipinski definition) is 4. The lowest BCUT2D eigenvalue weighted by atomic mass is 10.3. The van der Waals surface area contributed by atoms with E-state index in [1.54, 1.807) is 16.6 Å². The van der Waals surface area contributed by atoms with Gasteiger partial charge in [0, 0.05) is 42.5 Å². The van der Waals surface area contributed by atoms with Gasteiger partial charge in [-0.05, 0) is 19.0 Å². The highest BCUT2D eigenvalue weighted by molar-refractivity contribution is 8.00. The second-order valence-electron chi connectivity index (χ2n) is 4.91. The molecule has 0 spiro atoms. The molecule has 0 radical (unpaired) electrons.